The van der Waals surface area contributed by atoms with Crippen molar-refractivity contribution in [1.29, 1.82) is 0 Å². The van der Waals surface area contributed by atoms with Crippen LogP contribution in [-0.4, -0.2) is 59.6 Å². The molecule has 0 saturated carbocycles. The lowest BCUT2D eigenvalue weighted by Gasteiger charge is -2.35. The minimum absolute atomic E-state index is 0.140. The summed E-state index contributed by atoms with van der Waals surface area (Å²) in [6, 6.07) is 0.825. The maximum Gasteiger partial charge on any atom is 0.304 e. The van der Waals surface area contributed by atoms with E-state index in [1.807, 2.05) is 6.92 Å². The maximum atomic E-state index is 10.8. The third-order valence-electron chi connectivity index (χ3n) is 4.17. The van der Waals surface area contributed by atoms with Gasteiger partial charge in [0.1, 0.15) is 0 Å². The molecular weight excluding hydrogens is 228 g/mol. The van der Waals surface area contributed by atoms with Gasteiger partial charge in [0.2, 0.25) is 0 Å². The molecule has 2 unspecified atom stereocenters. The molecule has 106 valence electrons. The summed E-state index contributed by atoms with van der Waals surface area (Å²) < 4.78 is 0. The van der Waals surface area contributed by atoms with Crippen molar-refractivity contribution in [3.63, 3.8) is 0 Å². The van der Waals surface area contributed by atoms with Crippen LogP contribution in [0.25, 0.3) is 0 Å². The van der Waals surface area contributed by atoms with Gasteiger partial charge in [0.05, 0.1) is 6.42 Å². The van der Waals surface area contributed by atoms with Crippen LogP contribution in [0, 0.1) is 0 Å². The first-order valence-electron chi connectivity index (χ1n) is 7.20. The molecule has 1 rings (SSSR count). The molecular formula is C14H28N2O2. The number of hydrogen-bond donors (Lipinski definition) is 1. The standard InChI is InChI=1S/C14H28N2O2/c1-4-16(12(2)11-14(17)18)10-8-13-7-5-6-9-15(13)3/h12-13H,4-11H2,1-3H3,(H,17,18). The third kappa shape index (κ3) is 4.94. The fourth-order valence-corrected chi connectivity index (χ4v) is 2.90. The van der Waals surface area contributed by atoms with E-state index in [-0.39, 0.29) is 12.5 Å². The van der Waals surface area contributed by atoms with Gasteiger partial charge in [0.15, 0.2) is 0 Å². The monoisotopic (exact) mass is 256 g/mol. The van der Waals surface area contributed by atoms with Gasteiger partial charge in [-0.25, -0.2) is 0 Å². The first-order chi connectivity index (χ1) is 8.54. The van der Waals surface area contributed by atoms with Crippen LogP contribution in [0.4, 0.5) is 0 Å². The maximum absolute atomic E-state index is 10.8. The summed E-state index contributed by atoms with van der Waals surface area (Å²) in [5, 5.41) is 8.85. The zero-order chi connectivity index (χ0) is 13.5. The fraction of sp³-hybridized carbons (Fsp3) is 0.929. The highest BCUT2D eigenvalue weighted by Crippen LogP contribution is 2.18. The second kappa shape index (κ2) is 7.74. The molecule has 2 atom stereocenters. The van der Waals surface area contributed by atoms with Gasteiger partial charge in [0, 0.05) is 12.1 Å². The van der Waals surface area contributed by atoms with E-state index in [0.717, 1.165) is 19.5 Å². The second-order valence-electron chi connectivity index (χ2n) is 5.49. The molecule has 0 amide bonds. The third-order valence-corrected chi connectivity index (χ3v) is 4.17. The van der Waals surface area contributed by atoms with Crippen molar-refractivity contribution >= 4 is 5.97 Å². The number of aliphatic carboxylic acids is 1. The van der Waals surface area contributed by atoms with Crippen LogP contribution in [0.1, 0.15) is 46.0 Å². The highest BCUT2D eigenvalue weighted by Gasteiger charge is 2.21. The van der Waals surface area contributed by atoms with Gasteiger partial charge in [-0.1, -0.05) is 13.3 Å². The number of piperidine rings is 1. The van der Waals surface area contributed by atoms with Crippen LogP contribution in [0.3, 0.4) is 0 Å². The SMILES string of the molecule is CCN(CCC1CCCCN1C)C(C)CC(=O)O. The number of likely N-dealkylation sites (tertiary alicyclic amines) is 1. The van der Waals surface area contributed by atoms with E-state index in [1.54, 1.807) is 0 Å². The van der Waals surface area contributed by atoms with Crippen molar-refractivity contribution in [3.05, 3.63) is 0 Å². The van der Waals surface area contributed by atoms with Crippen LogP contribution in [0.5, 0.6) is 0 Å². The lowest BCUT2D eigenvalue weighted by atomic mass is 9.99. The lowest BCUT2D eigenvalue weighted by molar-refractivity contribution is -0.138. The number of nitrogens with zero attached hydrogens (tertiary/aromatic N) is 2. The van der Waals surface area contributed by atoms with Crippen molar-refractivity contribution in [1.82, 2.24) is 9.80 Å². The Morgan fingerprint density at radius 3 is 2.78 bits per heavy atom. The largest absolute Gasteiger partial charge is 0.481 e. The van der Waals surface area contributed by atoms with E-state index in [9.17, 15) is 4.79 Å². The zero-order valence-electron chi connectivity index (χ0n) is 12.1. The fourth-order valence-electron chi connectivity index (χ4n) is 2.90. The number of carboxylic acid groups (broad SMARTS) is 1. The summed E-state index contributed by atoms with van der Waals surface area (Å²) >= 11 is 0. The van der Waals surface area contributed by atoms with Crippen molar-refractivity contribution in [2.45, 2.75) is 58.0 Å². The quantitative estimate of drug-likeness (QED) is 0.757. The molecule has 1 aliphatic heterocycles. The van der Waals surface area contributed by atoms with Gasteiger partial charge in [-0.15, -0.1) is 0 Å². The molecule has 0 aromatic rings. The second-order valence-corrected chi connectivity index (χ2v) is 5.49. The molecule has 0 radical (unpaired) electrons. The van der Waals surface area contributed by atoms with Crippen LogP contribution < -0.4 is 0 Å². The van der Waals surface area contributed by atoms with Crippen LogP contribution in [-0.2, 0) is 4.79 Å². The zero-order valence-corrected chi connectivity index (χ0v) is 12.1. The summed E-state index contributed by atoms with van der Waals surface area (Å²) in [7, 11) is 2.21. The molecule has 1 heterocycles. The van der Waals surface area contributed by atoms with E-state index in [2.05, 4.69) is 23.8 Å². The smallest absolute Gasteiger partial charge is 0.304 e. The lowest BCUT2D eigenvalue weighted by Crippen LogP contribution is -2.41. The van der Waals surface area contributed by atoms with Gasteiger partial charge < -0.3 is 14.9 Å². The van der Waals surface area contributed by atoms with E-state index >= 15 is 0 Å². The van der Waals surface area contributed by atoms with E-state index in [0.29, 0.717) is 6.04 Å². The minimum atomic E-state index is -0.698. The number of carboxylic acids is 1. The Bertz CT molecular complexity index is 258. The van der Waals surface area contributed by atoms with Gasteiger partial charge in [0.25, 0.3) is 0 Å². The average molecular weight is 256 g/mol. The minimum Gasteiger partial charge on any atom is -0.481 e. The van der Waals surface area contributed by atoms with Crippen molar-refractivity contribution in [2.75, 3.05) is 26.7 Å². The predicted octanol–water partition coefficient (Wildman–Crippen LogP) is 2.05. The van der Waals surface area contributed by atoms with Crippen molar-refractivity contribution < 1.29 is 9.90 Å². The first kappa shape index (κ1) is 15.4. The molecule has 4 nitrogen and oxygen atoms in total. The molecule has 1 aliphatic rings. The van der Waals surface area contributed by atoms with Gasteiger partial charge in [-0.05, 0) is 52.9 Å². The molecule has 0 aromatic carbocycles. The van der Waals surface area contributed by atoms with Gasteiger partial charge in [-0.3, -0.25) is 4.79 Å². The Morgan fingerprint density at radius 2 is 2.22 bits per heavy atom. The average Bonchev–Trinajstić information content (AvgIpc) is 2.31. The van der Waals surface area contributed by atoms with Crippen LogP contribution in [0.15, 0.2) is 0 Å². The molecule has 0 aromatic heterocycles. The Balaban J connectivity index is 2.36. The Labute approximate surface area is 111 Å². The van der Waals surface area contributed by atoms with E-state index in [1.165, 1.54) is 25.8 Å². The van der Waals surface area contributed by atoms with Crippen molar-refractivity contribution in [2.24, 2.45) is 0 Å². The Hall–Kier alpha value is -0.610. The topological polar surface area (TPSA) is 43.8 Å². The summed E-state index contributed by atoms with van der Waals surface area (Å²) in [5.41, 5.74) is 0. The van der Waals surface area contributed by atoms with Gasteiger partial charge >= 0.3 is 5.97 Å². The number of carbonyl (C=O) groups is 1. The predicted molar refractivity (Wildman–Crippen MR) is 73.8 cm³/mol. The van der Waals surface area contributed by atoms with E-state index < -0.39 is 5.97 Å². The van der Waals surface area contributed by atoms with Crippen LogP contribution >= 0.6 is 0 Å². The van der Waals surface area contributed by atoms with Crippen LogP contribution in [0.2, 0.25) is 0 Å². The molecule has 4 heteroatoms. The molecule has 0 aliphatic carbocycles. The summed E-state index contributed by atoms with van der Waals surface area (Å²) in [6.45, 7) is 7.29. The highest BCUT2D eigenvalue weighted by atomic mass is 16.4. The Kier molecular flexibility index (Phi) is 6.65. The Morgan fingerprint density at radius 1 is 1.50 bits per heavy atom. The normalized spacial score (nSPS) is 23.2. The summed E-state index contributed by atoms with van der Waals surface area (Å²) in [5.74, 6) is -0.698. The molecule has 0 spiro atoms. The van der Waals surface area contributed by atoms with Crippen molar-refractivity contribution in [3.8, 4) is 0 Å². The summed E-state index contributed by atoms with van der Waals surface area (Å²) in [6.07, 6.45) is 5.36. The van der Waals surface area contributed by atoms with Gasteiger partial charge in [-0.2, -0.15) is 0 Å². The number of rotatable bonds is 7. The summed E-state index contributed by atoms with van der Waals surface area (Å²) in [4.78, 5) is 15.5. The van der Waals surface area contributed by atoms with E-state index in [4.69, 9.17) is 5.11 Å². The highest BCUT2D eigenvalue weighted by molar-refractivity contribution is 5.67. The first-order valence-corrected chi connectivity index (χ1v) is 7.20. The molecule has 1 N–H and O–H groups in total. The molecule has 1 saturated heterocycles. The molecule has 1 fully saturated rings. The number of hydrogen-bond acceptors (Lipinski definition) is 3. The molecule has 0 bridgehead atoms. The molecule has 18 heavy (non-hydrogen) atoms.